The molecule has 1 heterocycles. The summed E-state index contributed by atoms with van der Waals surface area (Å²) in [6, 6.07) is 4.56. The van der Waals surface area contributed by atoms with Gasteiger partial charge in [-0.15, -0.1) is 0 Å². The van der Waals surface area contributed by atoms with Crippen LogP contribution in [0.3, 0.4) is 0 Å². The van der Waals surface area contributed by atoms with Crippen molar-refractivity contribution < 1.29 is 24.0 Å². The van der Waals surface area contributed by atoms with E-state index in [2.05, 4.69) is 4.74 Å². The third kappa shape index (κ3) is 1.35. The van der Waals surface area contributed by atoms with Gasteiger partial charge in [-0.25, -0.2) is 0 Å². The smallest absolute Gasteiger partial charge is 0.318 e. The number of Topliss-reactive ketones (excluding diaryl/α,β-unsaturated/α-hetero) is 1. The van der Waals surface area contributed by atoms with Gasteiger partial charge in [-0.3, -0.25) is 24.5 Å². The van der Waals surface area contributed by atoms with Gasteiger partial charge in [0.05, 0.1) is 22.7 Å². The zero-order chi connectivity index (χ0) is 14.9. The summed E-state index contributed by atoms with van der Waals surface area (Å²) in [5, 5.41) is 11.2. The maximum atomic E-state index is 12.2. The van der Waals surface area contributed by atoms with Crippen molar-refractivity contribution in [2.24, 2.45) is 11.8 Å². The highest BCUT2D eigenvalue weighted by molar-refractivity contribution is 6.06. The van der Waals surface area contributed by atoms with Crippen molar-refractivity contribution in [3.8, 4) is 0 Å². The van der Waals surface area contributed by atoms with E-state index in [1.165, 1.54) is 6.07 Å². The second-order valence-corrected chi connectivity index (χ2v) is 5.58. The average Bonchev–Trinajstić information content (AvgIpc) is 2.74. The number of nitro groups is 1. The fraction of sp³-hybridized carbons (Fsp3) is 0.357. The van der Waals surface area contributed by atoms with E-state index in [0.717, 1.165) is 0 Å². The number of ether oxygens (including phenoxy) is 1. The van der Waals surface area contributed by atoms with Crippen LogP contribution in [0.2, 0.25) is 0 Å². The molecule has 0 radical (unpaired) electrons. The van der Waals surface area contributed by atoms with E-state index in [0.29, 0.717) is 5.56 Å². The van der Waals surface area contributed by atoms with Crippen molar-refractivity contribution >= 4 is 23.4 Å². The van der Waals surface area contributed by atoms with Crippen LogP contribution in [-0.2, 0) is 19.1 Å². The second kappa shape index (κ2) is 3.75. The molecule has 1 aromatic carbocycles. The van der Waals surface area contributed by atoms with Crippen LogP contribution in [0.5, 0.6) is 0 Å². The van der Waals surface area contributed by atoms with Crippen LogP contribution in [0.15, 0.2) is 18.2 Å². The highest BCUT2D eigenvalue weighted by atomic mass is 16.6. The normalized spacial score (nSPS) is 32.7. The summed E-state index contributed by atoms with van der Waals surface area (Å²) in [7, 11) is 0. The fourth-order valence-corrected chi connectivity index (χ4v) is 3.99. The number of rotatable bonds is 1. The lowest BCUT2D eigenvalue weighted by Gasteiger charge is -2.41. The number of benzene rings is 1. The van der Waals surface area contributed by atoms with Crippen LogP contribution in [0.4, 0.5) is 5.69 Å². The molecular formula is C14H9NO6. The first-order valence-electron chi connectivity index (χ1n) is 6.56. The molecule has 106 valence electrons. The van der Waals surface area contributed by atoms with Crippen LogP contribution in [0.25, 0.3) is 0 Å². The Balaban J connectivity index is 2.01. The highest BCUT2D eigenvalue weighted by Gasteiger charge is 2.63. The van der Waals surface area contributed by atoms with Crippen LogP contribution in [0, 0.1) is 22.0 Å². The highest BCUT2D eigenvalue weighted by Crippen LogP contribution is 2.58. The molecule has 1 saturated heterocycles. The molecule has 2 bridgehead atoms. The van der Waals surface area contributed by atoms with E-state index in [-0.39, 0.29) is 23.5 Å². The molecule has 4 aliphatic rings. The number of nitro benzene ring substituents is 1. The molecule has 4 atom stereocenters. The maximum Gasteiger partial charge on any atom is 0.318 e. The van der Waals surface area contributed by atoms with Crippen molar-refractivity contribution in [1.29, 1.82) is 0 Å². The maximum absolute atomic E-state index is 12.2. The summed E-state index contributed by atoms with van der Waals surface area (Å²) in [6.45, 7) is 0. The summed E-state index contributed by atoms with van der Waals surface area (Å²) >= 11 is 0. The van der Waals surface area contributed by atoms with Crippen molar-refractivity contribution in [1.82, 2.24) is 0 Å². The number of hydrogen-bond donors (Lipinski definition) is 0. The van der Waals surface area contributed by atoms with Crippen molar-refractivity contribution in [2.45, 2.75) is 18.3 Å². The van der Waals surface area contributed by atoms with Gasteiger partial charge in [-0.1, -0.05) is 12.1 Å². The standard InChI is InChI=1S/C14H9NO6/c16-8-4-6-5-2-1-3-7(15(19)20)9(5)11(8)12-10(6)13(17)21-14(12)18/h1-3,6,10-12H,4H2. The minimum absolute atomic E-state index is 0.127. The van der Waals surface area contributed by atoms with Gasteiger partial charge < -0.3 is 4.74 Å². The number of cyclic esters (lactones) is 2. The van der Waals surface area contributed by atoms with Crippen LogP contribution in [-0.4, -0.2) is 22.6 Å². The Hall–Kier alpha value is -2.57. The van der Waals surface area contributed by atoms with E-state index >= 15 is 0 Å². The summed E-state index contributed by atoms with van der Waals surface area (Å²) < 4.78 is 4.67. The monoisotopic (exact) mass is 287 g/mol. The van der Waals surface area contributed by atoms with Gasteiger partial charge >= 0.3 is 11.9 Å². The third-order valence-corrected chi connectivity index (χ3v) is 4.72. The first-order valence-corrected chi connectivity index (χ1v) is 6.56. The number of esters is 2. The molecule has 0 N–H and O–H groups in total. The van der Waals surface area contributed by atoms with Gasteiger partial charge in [0.2, 0.25) is 0 Å². The number of carbonyl (C=O) groups is 3. The molecule has 1 saturated carbocycles. The molecule has 0 aromatic heterocycles. The van der Waals surface area contributed by atoms with E-state index in [9.17, 15) is 24.5 Å². The Labute approximate surface area is 118 Å². The molecule has 3 aliphatic carbocycles. The van der Waals surface area contributed by atoms with E-state index in [4.69, 9.17) is 0 Å². The Kier molecular flexibility index (Phi) is 2.18. The lowest BCUT2D eigenvalue weighted by atomic mass is 9.56. The van der Waals surface area contributed by atoms with Crippen LogP contribution < -0.4 is 0 Å². The lowest BCUT2D eigenvalue weighted by Crippen LogP contribution is -2.45. The molecule has 1 aliphatic heterocycles. The van der Waals surface area contributed by atoms with Crippen molar-refractivity contribution in [3.63, 3.8) is 0 Å². The lowest BCUT2D eigenvalue weighted by molar-refractivity contribution is -0.385. The summed E-state index contributed by atoms with van der Waals surface area (Å²) in [5.41, 5.74) is 0.750. The number of carbonyl (C=O) groups excluding carboxylic acids is 3. The summed E-state index contributed by atoms with van der Waals surface area (Å²) in [5.74, 6) is -4.61. The molecule has 0 spiro atoms. The number of fused-ring (bicyclic) bond motifs is 1. The molecular weight excluding hydrogens is 278 g/mol. The molecule has 7 heteroatoms. The molecule has 1 aromatic rings. The first kappa shape index (κ1) is 12.2. The largest absolute Gasteiger partial charge is 0.393 e. The fourth-order valence-electron chi connectivity index (χ4n) is 3.99. The zero-order valence-corrected chi connectivity index (χ0v) is 10.6. The quantitative estimate of drug-likeness (QED) is 0.331. The third-order valence-electron chi connectivity index (χ3n) is 4.72. The number of nitrogens with zero attached hydrogens (tertiary/aromatic N) is 1. The van der Waals surface area contributed by atoms with Gasteiger partial charge in [0.25, 0.3) is 5.69 Å². The Morgan fingerprint density at radius 3 is 2.57 bits per heavy atom. The molecule has 4 unspecified atom stereocenters. The minimum Gasteiger partial charge on any atom is -0.393 e. The molecule has 2 fully saturated rings. The average molecular weight is 287 g/mol. The zero-order valence-electron chi connectivity index (χ0n) is 10.6. The van der Waals surface area contributed by atoms with Crippen LogP contribution in [0.1, 0.15) is 29.4 Å². The minimum atomic E-state index is -0.935. The molecule has 0 amide bonds. The predicted octanol–water partition coefficient (Wildman–Crippen LogP) is 1.06. The first-order chi connectivity index (χ1) is 10.0. The Morgan fingerprint density at radius 2 is 1.86 bits per heavy atom. The molecule has 21 heavy (non-hydrogen) atoms. The van der Waals surface area contributed by atoms with Crippen molar-refractivity contribution in [3.05, 3.63) is 39.4 Å². The van der Waals surface area contributed by atoms with Crippen LogP contribution >= 0.6 is 0 Å². The molecule has 5 rings (SSSR count). The summed E-state index contributed by atoms with van der Waals surface area (Å²) in [4.78, 5) is 46.6. The summed E-state index contributed by atoms with van der Waals surface area (Å²) in [6.07, 6.45) is 0.127. The van der Waals surface area contributed by atoms with E-state index < -0.39 is 40.5 Å². The van der Waals surface area contributed by atoms with Gasteiger partial charge in [0.15, 0.2) is 0 Å². The van der Waals surface area contributed by atoms with Gasteiger partial charge in [-0.2, -0.15) is 0 Å². The Morgan fingerprint density at radius 1 is 1.14 bits per heavy atom. The number of ketones is 1. The van der Waals surface area contributed by atoms with E-state index in [1.54, 1.807) is 12.1 Å². The van der Waals surface area contributed by atoms with Crippen molar-refractivity contribution in [2.75, 3.05) is 0 Å². The Bertz CT molecular complexity index is 739. The predicted molar refractivity (Wildman–Crippen MR) is 66.3 cm³/mol. The van der Waals surface area contributed by atoms with Gasteiger partial charge in [0.1, 0.15) is 5.78 Å². The van der Waals surface area contributed by atoms with Gasteiger partial charge in [-0.05, 0) is 5.56 Å². The second-order valence-electron chi connectivity index (χ2n) is 5.58. The SMILES string of the molecule is O=C1CC2c3cccc([N+](=O)[O-])c3C1C1C(=O)OC(=O)C21. The van der Waals surface area contributed by atoms with E-state index in [1.807, 2.05) is 0 Å². The van der Waals surface area contributed by atoms with Gasteiger partial charge in [0, 0.05) is 24.0 Å². The molecule has 7 nitrogen and oxygen atoms in total. The topological polar surface area (TPSA) is 104 Å². The number of hydrogen-bond acceptors (Lipinski definition) is 6.